The average Bonchev–Trinajstić information content (AvgIpc) is 2.96. The van der Waals surface area contributed by atoms with Crippen LogP contribution in [0.15, 0.2) is 109 Å². The molecule has 0 bridgehead atoms. The highest BCUT2D eigenvalue weighted by Crippen LogP contribution is 2.17. The zero-order chi connectivity index (χ0) is 26.7. The van der Waals surface area contributed by atoms with Crippen molar-refractivity contribution in [1.82, 2.24) is 0 Å². The Bertz CT molecular complexity index is 1360. The number of rotatable bonds is 10. The maximum atomic E-state index is 12.7. The van der Waals surface area contributed by atoms with Gasteiger partial charge in [-0.15, -0.1) is 0 Å². The van der Waals surface area contributed by atoms with Crippen LogP contribution in [0.25, 0.3) is 0 Å². The number of carbonyl (C=O) groups is 3. The minimum Gasteiger partial charge on any atom is -0.376 e. The van der Waals surface area contributed by atoms with Crippen molar-refractivity contribution in [3.63, 3.8) is 0 Å². The van der Waals surface area contributed by atoms with Crippen LogP contribution in [-0.4, -0.2) is 31.3 Å². The lowest BCUT2D eigenvalue weighted by Crippen LogP contribution is -2.26. The first-order chi connectivity index (χ1) is 18.5. The summed E-state index contributed by atoms with van der Waals surface area (Å²) in [5, 5.41) is 8.78. The molecule has 192 valence electrons. The lowest BCUT2D eigenvalue weighted by atomic mass is 10.1. The van der Waals surface area contributed by atoms with Crippen LogP contribution in [0.4, 0.5) is 22.7 Å². The van der Waals surface area contributed by atoms with E-state index in [2.05, 4.69) is 16.0 Å². The minimum atomic E-state index is -0.219. The average molecular weight is 507 g/mol. The summed E-state index contributed by atoms with van der Waals surface area (Å²) >= 11 is 0. The quantitative estimate of drug-likeness (QED) is 0.262. The van der Waals surface area contributed by atoms with E-state index in [0.717, 1.165) is 16.9 Å². The fourth-order valence-electron chi connectivity index (χ4n) is 3.84. The highest BCUT2D eigenvalue weighted by atomic mass is 16.2. The SMILES string of the molecule is CN(C(=O)c1ccc(NC(=O)CNc2ccc(NC(=O)CCc3ccccc3)cc2)cc1)c1ccccc1. The van der Waals surface area contributed by atoms with Crippen LogP contribution in [0.1, 0.15) is 22.3 Å². The Morgan fingerprint density at radius 2 is 1.16 bits per heavy atom. The molecule has 0 spiro atoms. The summed E-state index contributed by atoms with van der Waals surface area (Å²) in [6.07, 6.45) is 1.09. The Balaban J connectivity index is 1.21. The summed E-state index contributed by atoms with van der Waals surface area (Å²) in [5.74, 6) is -0.399. The Hall–Kier alpha value is -4.91. The van der Waals surface area contributed by atoms with E-state index in [1.54, 1.807) is 48.3 Å². The van der Waals surface area contributed by atoms with E-state index < -0.39 is 0 Å². The second-order valence-corrected chi connectivity index (χ2v) is 8.79. The third-order valence-electron chi connectivity index (χ3n) is 5.97. The first-order valence-electron chi connectivity index (χ1n) is 12.4. The number of hydrogen-bond donors (Lipinski definition) is 3. The van der Waals surface area contributed by atoms with E-state index >= 15 is 0 Å². The molecule has 0 aliphatic rings. The van der Waals surface area contributed by atoms with E-state index in [-0.39, 0.29) is 24.3 Å². The second kappa shape index (κ2) is 12.9. The number of amides is 3. The van der Waals surface area contributed by atoms with Gasteiger partial charge in [0, 0.05) is 41.8 Å². The van der Waals surface area contributed by atoms with Gasteiger partial charge in [-0.2, -0.15) is 0 Å². The van der Waals surface area contributed by atoms with Crippen LogP contribution in [0, 0.1) is 0 Å². The number of hydrogen-bond acceptors (Lipinski definition) is 4. The molecular weight excluding hydrogens is 476 g/mol. The number of nitrogens with zero attached hydrogens (tertiary/aromatic N) is 1. The predicted octanol–water partition coefficient (Wildman–Crippen LogP) is 5.59. The van der Waals surface area contributed by atoms with Crippen molar-refractivity contribution in [3.05, 3.63) is 120 Å². The maximum Gasteiger partial charge on any atom is 0.258 e. The van der Waals surface area contributed by atoms with Gasteiger partial charge in [-0.3, -0.25) is 14.4 Å². The molecule has 4 aromatic rings. The van der Waals surface area contributed by atoms with Crippen molar-refractivity contribution in [3.8, 4) is 0 Å². The van der Waals surface area contributed by atoms with Gasteiger partial charge in [0.05, 0.1) is 6.54 Å². The molecule has 0 aromatic heterocycles. The zero-order valence-electron chi connectivity index (χ0n) is 21.2. The molecule has 0 heterocycles. The van der Waals surface area contributed by atoms with Crippen molar-refractivity contribution < 1.29 is 14.4 Å². The molecule has 0 atom stereocenters. The summed E-state index contributed by atoms with van der Waals surface area (Å²) in [5.41, 5.74) is 4.52. The fourth-order valence-corrected chi connectivity index (χ4v) is 3.84. The van der Waals surface area contributed by atoms with Crippen LogP contribution in [0.2, 0.25) is 0 Å². The van der Waals surface area contributed by atoms with Crippen LogP contribution in [0.5, 0.6) is 0 Å². The van der Waals surface area contributed by atoms with Gasteiger partial charge >= 0.3 is 0 Å². The van der Waals surface area contributed by atoms with E-state index in [0.29, 0.717) is 29.8 Å². The molecule has 4 rings (SSSR count). The third-order valence-corrected chi connectivity index (χ3v) is 5.97. The Labute approximate surface area is 222 Å². The molecule has 0 unspecified atom stereocenters. The van der Waals surface area contributed by atoms with E-state index in [9.17, 15) is 14.4 Å². The van der Waals surface area contributed by atoms with E-state index in [4.69, 9.17) is 0 Å². The normalized spacial score (nSPS) is 10.3. The van der Waals surface area contributed by atoms with Crippen molar-refractivity contribution in [2.75, 3.05) is 34.4 Å². The van der Waals surface area contributed by atoms with Crippen molar-refractivity contribution in [2.24, 2.45) is 0 Å². The number of carbonyl (C=O) groups excluding carboxylic acids is 3. The van der Waals surface area contributed by atoms with Crippen LogP contribution >= 0.6 is 0 Å². The second-order valence-electron chi connectivity index (χ2n) is 8.79. The molecular formula is C31H30N4O3. The van der Waals surface area contributed by atoms with Crippen molar-refractivity contribution in [1.29, 1.82) is 0 Å². The van der Waals surface area contributed by atoms with Crippen LogP contribution < -0.4 is 20.9 Å². The Morgan fingerprint density at radius 1 is 0.632 bits per heavy atom. The summed E-state index contributed by atoms with van der Waals surface area (Å²) in [7, 11) is 1.73. The molecule has 0 saturated carbocycles. The van der Waals surface area contributed by atoms with E-state index in [1.807, 2.05) is 72.8 Å². The predicted molar refractivity (Wildman–Crippen MR) is 153 cm³/mol. The molecule has 0 aliphatic heterocycles. The molecule has 3 N–H and O–H groups in total. The largest absolute Gasteiger partial charge is 0.376 e. The number of nitrogens with one attached hydrogen (secondary N) is 3. The first-order valence-corrected chi connectivity index (χ1v) is 12.4. The van der Waals surface area contributed by atoms with Gasteiger partial charge in [-0.25, -0.2) is 0 Å². The molecule has 7 nitrogen and oxygen atoms in total. The van der Waals surface area contributed by atoms with Crippen LogP contribution in [0.3, 0.4) is 0 Å². The summed E-state index contributed by atoms with van der Waals surface area (Å²) in [6, 6.07) is 33.3. The van der Waals surface area contributed by atoms with E-state index in [1.165, 1.54) is 0 Å². The Morgan fingerprint density at radius 3 is 1.79 bits per heavy atom. The molecule has 0 fully saturated rings. The van der Waals surface area contributed by atoms with Gasteiger partial charge < -0.3 is 20.9 Å². The number of anilines is 4. The molecule has 3 amide bonds. The molecule has 7 heteroatoms. The standard InChI is InChI=1S/C31H30N4O3/c1-35(28-10-6-3-7-11-28)31(38)24-13-15-26(16-14-24)34-30(37)22-32-25-17-19-27(20-18-25)33-29(36)21-12-23-8-4-2-5-9-23/h2-11,13-20,32H,12,21-22H2,1H3,(H,33,36)(H,34,37). The molecule has 38 heavy (non-hydrogen) atoms. The van der Waals surface area contributed by atoms with Gasteiger partial charge in [0.1, 0.15) is 0 Å². The lowest BCUT2D eigenvalue weighted by molar-refractivity contribution is -0.116. The summed E-state index contributed by atoms with van der Waals surface area (Å²) in [6.45, 7) is 0.0697. The molecule has 0 aliphatic carbocycles. The topological polar surface area (TPSA) is 90.5 Å². The van der Waals surface area contributed by atoms with Gasteiger partial charge in [0.2, 0.25) is 11.8 Å². The summed E-state index contributed by atoms with van der Waals surface area (Å²) < 4.78 is 0. The lowest BCUT2D eigenvalue weighted by Gasteiger charge is -2.17. The van der Waals surface area contributed by atoms with Gasteiger partial charge in [0.25, 0.3) is 5.91 Å². The molecule has 0 radical (unpaired) electrons. The fraction of sp³-hybridized carbons (Fsp3) is 0.129. The Kier molecular flexibility index (Phi) is 8.86. The van der Waals surface area contributed by atoms with Crippen molar-refractivity contribution in [2.45, 2.75) is 12.8 Å². The summed E-state index contributed by atoms with van der Waals surface area (Å²) in [4.78, 5) is 38.9. The monoisotopic (exact) mass is 506 g/mol. The minimum absolute atomic E-state index is 0.0478. The van der Waals surface area contributed by atoms with Gasteiger partial charge in [-0.05, 0) is 72.6 Å². The molecule has 4 aromatic carbocycles. The third kappa shape index (κ3) is 7.54. The molecule has 0 saturated heterocycles. The number of aryl methyl sites for hydroxylation is 1. The first kappa shape index (κ1) is 26.2. The number of para-hydroxylation sites is 1. The van der Waals surface area contributed by atoms with Gasteiger partial charge in [-0.1, -0.05) is 48.5 Å². The zero-order valence-corrected chi connectivity index (χ0v) is 21.2. The number of benzene rings is 4. The highest BCUT2D eigenvalue weighted by Gasteiger charge is 2.13. The van der Waals surface area contributed by atoms with Gasteiger partial charge in [0.15, 0.2) is 0 Å². The van der Waals surface area contributed by atoms with Crippen molar-refractivity contribution >= 4 is 40.5 Å². The maximum absolute atomic E-state index is 12.7. The smallest absolute Gasteiger partial charge is 0.258 e. The van der Waals surface area contributed by atoms with Crippen LogP contribution in [-0.2, 0) is 16.0 Å². The highest BCUT2D eigenvalue weighted by molar-refractivity contribution is 6.06.